The first-order chi connectivity index (χ1) is 7.49. The predicted octanol–water partition coefficient (Wildman–Crippen LogP) is -2.11. The summed E-state index contributed by atoms with van der Waals surface area (Å²) < 4.78 is 41.7. The van der Waals surface area contributed by atoms with Crippen molar-refractivity contribution < 1.29 is 51.8 Å². The fourth-order valence-electron chi connectivity index (χ4n) is 1.37. The van der Waals surface area contributed by atoms with Crippen LogP contribution in [0, 0.1) is 0 Å². The molecule has 0 bridgehead atoms. The van der Waals surface area contributed by atoms with Gasteiger partial charge in [-0.3, -0.25) is 0 Å². The van der Waals surface area contributed by atoms with E-state index < -0.39 is 15.9 Å². The van der Waals surface area contributed by atoms with E-state index in [-0.39, 0.29) is 35.3 Å². The molecular formula is C9H8NNaO5S. The normalized spacial score (nSPS) is 11.2. The van der Waals surface area contributed by atoms with Crippen molar-refractivity contribution in [3.05, 3.63) is 23.9 Å². The number of methoxy groups -OCH3 is 1. The average molecular weight is 265 g/mol. The number of hydrogen-bond acceptors (Lipinski definition) is 6. The number of aromatic nitrogens is 1. The van der Waals surface area contributed by atoms with Gasteiger partial charge in [0.1, 0.15) is 21.6 Å². The predicted molar refractivity (Wildman–Crippen MR) is 54.0 cm³/mol. The van der Waals surface area contributed by atoms with Gasteiger partial charge in [-0.25, -0.2) is 8.42 Å². The van der Waals surface area contributed by atoms with Gasteiger partial charge in [0.05, 0.1) is 12.9 Å². The summed E-state index contributed by atoms with van der Waals surface area (Å²) >= 11 is 0. The molecule has 8 heteroatoms. The maximum absolute atomic E-state index is 10.6. The van der Waals surface area contributed by atoms with E-state index in [0.717, 1.165) is 0 Å². The van der Waals surface area contributed by atoms with Crippen LogP contribution in [0.1, 0.15) is 5.69 Å². The van der Waals surface area contributed by atoms with Crippen molar-refractivity contribution in [3.8, 4) is 5.75 Å². The monoisotopic (exact) mass is 265 g/mol. The number of rotatable bonds is 3. The second kappa shape index (κ2) is 5.36. The summed E-state index contributed by atoms with van der Waals surface area (Å²) in [4.78, 5) is 0. The van der Waals surface area contributed by atoms with Crippen molar-refractivity contribution >= 4 is 21.1 Å². The molecule has 1 aromatic heterocycles. The number of benzene rings is 1. The first kappa shape index (κ1) is 14.5. The molecule has 2 rings (SSSR count). The molecular weight excluding hydrogens is 257 g/mol. The maximum atomic E-state index is 10.6. The molecule has 0 saturated heterocycles. The molecule has 0 aliphatic carbocycles. The van der Waals surface area contributed by atoms with E-state index in [1.807, 2.05) is 0 Å². The second-order valence-electron chi connectivity index (χ2n) is 3.19. The second-order valence-corrected chi connectivity index (χ2v) is 4.60. The van der Waals surface area contributed by atoms with E-state index in [4.69, 9.17) is 9.26 Å². The van der Waals surface area contributed by atoms with Crippen LogP contribution < -0.4 is 34.3 Å². The first-order valence-corrected chi connectivity index (χ1v) is 5.93. The third kappa shape index (κ3) is 3.43. The Labute approximate surface area is 120 Å². The van der Waals surface area contributed by atoms with Gasteiger partial charge in [-0.2, -0.15) is 0 Å². The van der Waals surface area contributed by atoms with Crippen molar-refractivity contribution in [3.63, 3.8) is 0 Å². The minimum absolute atomic E-state index is 0. The molecule has 0 fully saturated rings. The summed E-state index contributed by atoms with van der Waals surface area (Å²) in [6.45, 7) is 0. The van der Waals surface area contributed by atoms with E-state index >= 15 is 0 Å². The average Bonchev–Trinajstić information content (AvgIpc) is 2.58. The minimum atomic E-state index is -4.36. The van der Waals surface area contributed by atoms with Crippen LogP contribution in [0.4, 0.5) is 0 Å². The van der Waals surface area contributed by atoms with Gasteiger partial charge in [0.25, 0.3) is 0 Å². The molecule has 6 nitrogen and oxygen atoms in total. The molecule has 1 aromatic carbocycles. The van der Waals surface area contributed by atoms with Gasteiger partial charge in [0.2, 0.25) is 0 Å². The SMILES string of the molecule is COc1ccc2c(CS(=O)(=O)[O-])noc2c1.[Na+]. The van der Waals surface area contributed by atoms with Crippen molar-refractivity contribution in [2.75, 3.05) is 7.11 Å². The molecule has 17 heavy (non-hydrogen) atoms. The summed E-state index contributed by atoms with van der Waals surface area (Å²) in [5, 5.41) is 4.05. The van der Waals surface area contributed by atoms with Gasteiger partial charge < -0.3 is 13.8 Å². The van der Waals surface area contributed by atoms with Crippen LogP contribution in [0.25, 0.3) is 11.0 Å². The molecule has 0 radical (unpaired) electrons. The fraction of sp³-hybridized carbons (Fsp3) is 0.222. The number of hydrogen-bond donors (Lipinski definition) is 0. The van der Waals surface area contributed by atoms with Crippen molar-refractivity contribution in [1.82, 2.24) is 5.16 Å². The van der Waals surface area contributed by atoms with E-state index in [2.05, 4.69) is 5.16 Å². The van der Waals surface area contributed by atoms with Crippen LogP contribution in [0.3, 0.4) is 0 Å². The maximum Gasteiger partial charge on any atom is 1.00 e. The third-order valence-corrected chi connectivity index (χ3v) is 2.69. The standard InChI is InChI=1S/C9H9NO5S.Na/c1-14-6-2-3-7-8(5-16(11,12)13)10-15-9(7)4-6;/h2-4H,5H2,1H3,(H,11,12,13);/q;+1/p-1. The molecule has 0 aliphatic heterocycles. The zero-order chi connectivity index (χ0) is 11.8. The smallest absolute Gasteiger partial charge is 0.748 e. The van der Waals surface area contributed by atoms with E-state index in [0.29, 0.717) is 16.7 Å². The first-order valence-electron chi connectivity index (χ1n) is 4.35. The zero-order valence-corrected chi connectivity index (χ0v) is 12.2. The molecule has 0 atom stereocenters. The molecule has 0 spiro atoms. The Morgan fingerprint density at radius 1 is 1.47 bits per heavy atom. The molecule has 0 saturated carbocycles. The van der Waals surface area contributed by atoms with E-state index in [9.17, 15) is 13.0 Å². The number of nitrogens with zero attached hydrogens (tertiary/aromatic N) is 1. The van der Waals surface area contributed by atoms with Gasteiger partial charge in [-0.05, 0) is 12.1 Å². The molecule has 0 N–H and O–H groups in total. The Hall–Kier alpha value is -0.600. The zero-order valence-electron chi connectivity index (χ0n) is 9.34. The van der Waals surface area contributed by atoms with Crippen LogP contribution >= 0.6 is 0 Å². The van der Waals surface area contributed by atoms with Crippen molar-refractivity contribution in [1.29, 1.82) is 0 Å². The number of ether oxygens (including phenoxy) is 1. The Kier molecular flexibility index (Phi) is 4.56. The summed E-state index contributed by atoms with van der Waals surface area (Å²) in [6, 6.07) is 4.81. The van der Waals surface area contributed by atoms with Crippen LogP contribution in [-0.2, 0) is 15.9 Å². The quantitative estimate of drug-likeness (QED) is 0.465. The molecule has 0 amide bonds. The largest absolute Gasteiger partial charge is 1.00 e. The Bertz CT molecular complexity index is 621. The molecule has 2 aromatic rings. The third-order valence-electron chi connectivity index (χ3n) is 2.07. The molecule has 0 unspecified atom stereocenters. The van der Waals surface area contributed by atoms with Gasteiger partial charge in [0, 0.05) is 11.5 Å². The van der Waals surface area contributed by atoms with E-state index in [1.54, 1.807) is 18.2 Å². The van der Waals surface area contributed by atoms with Crippen LogP contribution in [0.2, 0.25) is 0 Å². The molecule has 0 aliphatic rings. The summed E-state index contributed by atoms with van der Waals surface area (Å²) in [7, 11) is -2.86. The Morgan fingerprint density at radius 2 is 2.18 bits per heavy atom. The number of fused-ring (bicyclic) bond motifs is 1. The summed E-state index contributed by atoms with van der Waals surface area (Å²) in [5.74, 6) is -0.105. The van der Waals surface area contributed by atoms with Gasteiger partial charge in [-0.1, -0.05) is 5.16 Å². The Morgan fingerprint density at radius 3 is 2.76 bits per heavy atom. The van der Waals surface area contributed by atoms with Crippen molar-refractivity contribution in [2.45, 2.75) is 5.75 Å². The molecule has 86 valence electrons. The fourth-order valence-corrected chi connectivity index (χ4v) is 1.91. The van der Waals surface area contributed by atoms with Gasteiger partial charge in [-0.15, -0.1) is 0 Å². The van der Waals surface area contributed by atoms with Gasteiger partial charge >= 0.3 is 29.6 Å². The molecule has 1 heterocycles. The Balaban J connectivity index is 0.00000144. The minimum Gasteiger partial charge on any atom is -0.748 e. The van der Waals surface area contributed by atoms with E-state index in [1.165, 1.54) is 7.11 Å². The summed E-state index contributed by atoms with van der Waals surface area (Å²) in [5.41, 5.74) is 0.505. The van der Waals surface area contributed by atoms with Crippen LogP contribution in [0.5, 0.6) is 5.75 Å². The van der Waals surface area contributed by atoms with Crippen molar-refractivity contribution in [2.24, 2.45) is 0 Å². The van der Waals surface area contributed by atoms with Crippen LogP contribution in [-0.4, -0.2) is 25.2 Å². The summed E-state index contributed by atoms with van der Waals surface area (Å²) in [6.07, 6.45) is 0. The van der Waals surface area contributed by atoms with Gasteiger partial charge in [0.15, 0.2) is 5.58 Å². The topological polar surface area (TPSA) is 92.5 Å². The van der Waals surface area contributed by atoms with Crippen LogP contribution in [0.15, 0.2) is 22.7 Å².